The number of aryl methyl sites for hydroxylation is 2. The Morgan fingerprint density at radius 2 is 1.92 bits per heavy atom. The molecule has 1 heterocycles. The summed E-state index contributed by atoms with van der Waals surface area (Å²) in [6.45, 7) is 3.89. The molecule has 138 valence electrons. The number of amides is 3. The lowest BCUT2D eigenvalue weighted by molar-refractivity contribution is -0.117. The average Bonchev–Trinajstić information content (AvgIpc) is 3.23. The van der Waals surface area contributed by atoms with Crippen molar-refractivity contribution in [2.75, 3.05) is 5.75 Å². The van der Waals surface area contributed by atoms with Crippen LogP contribution in [0.4, 0.5) is 4.79 Å². The van der Waals surface area contributed by atoms with Gasteiger partial charge in [0.15, 0.2) is 5.16 Å². The number of nitrogens with one attached hydrogen (secondary N) is 2. The number of nitrogens with zero attached hydrogens (tertiary/aromatic N) is 3. The van der Waals surface area contributed by atoms with Gasteiger partial charge in [-0.2, -0.15) is 0 Å². The molecule has 0 unspecified atom stereocenters. The number of aromatic nitrogens is 3. The maximum absolute atomic E-state index is 12.1. The molecule has 3 rings (SSSR count). The highest BCUT2D eigenvalue weighted by atomic mass is 32.2. The molecule has 0 saturated heterocycles. The van der Waals surface area contributed by atoms with Gasteiger partial charge in [-0.15, -0.1) is 10.2 Å². The standard InChI is InChI=1S/C18H23N5O2S/c1-12-7-3-6-10-15(12)23-13(2)21-22-18(23)26-11-16(24)20-17(25)19-14-8-4-5-9-14/h3,6-7,10,14H,4-5,8-9,11H2,1-2H3,(H2,19,20,24,25). The summed E-state index contributed by atoms with van der Waals surface area (Å²) in [5.41, 5.74) is 2.08. The molecule has 0 atom stereocenters. The fourth-order valence-electron chi connectivity index (χ4n) is 3.11. The number of hydrogen-bond acceptors (Lipinski definition) is 5. The number of imide groups is 1. The normalized spacial score (nSPS) is 14.4. The monoisotopic (exact) mass is 373 g/mol. The first kappa shape index (κ1) is 18.4. The average molecular weight is 373 g/mol. The molecule has 1 saturated carbocycles. The van der Waals surface area contributed by atoms with Crippen LogP contribution in [0.1, 0.15) is 37.1 Å². The number of rotatable bonds is 5. The lowest BCUT2D eigenvalue weighted by Gasteiger charge is -2.12. The van der Waals surface area contributed by atoms with E-state index in [1.807, 2.05) is 42.7 Å². The fourth-order valence-corrected chi connectivity index (χ4v) is 3.90. The molecule has 7 nitrogen and oxygen atoms in total. The van der Waals surface area contributed by atoms with Gasteiger partial charge in [-0.3, -0.25) is 14.7 Å². The molecule has 0 bridgehead atoms. The van der Waals surface area contributed by atoms with Crippen LogP contribution in [0.25, 0.3) is 5.69 Å². The molecule has 1 aromatic heterocycles. The van der Waals surface area contributed by atoms with Crippen molar-refractivity contribution >= 4 is 23.7 Å². The zero-order valence-electron chi connectivity index (χ0n) is 15.0. The molecule has 3 amide bonds. The van der Waals surface area contributed by atoms with Gasteiger partial charge in [0, 0.05) is 6.04 Å². The van der Waals surface area contributed by atoms with E-state index in [9.17, 15) is 9.59 Å². The molecule has 2 aromatic rings. The van der Waals surface area contributed by atoms with E-state index in [-0.39, 0.29) is 17.7 Å². The van der Waals surface area contributed by atoms with Crippen molar-refractivity contribution in [3.8, 4) is 5.69 Å². The number of thioether (sulfide) groups is 1. The molecule has 1 aliphatic rings. The largest absolute Gasteiger partial charge is 0.335 e. The van der Waals surface area contributed by atoms with E-state index in [1.54, 1.807) is 0 Å². The zero-order valence-corrected chi connectivity index (χ0v) is 15.8. The zero-order chi connectivity index (χ0) is 18.5. The van der Waals surface area contributed by atoms with Crippen LogP contribution in [-0.4, -0.2) is 38.5 Å². The van der Waals surface area contributed by atoms with E-state index in [4.69, 9.17) is 0 Å². The van der Waals surface area contributed by atoms with Gasteiger partial charge in [-0.1, -0.05) is 42.8 Å². The quantitative estimate of drug-likeness (QED) is 0.787. The van der Waals surface area contributed by atoms with E-state index in [2.05, 4.69) is 20.8 Å². The van der Waals surface area contributed by atoms with Crippen LogP contribution < -0.4 is 10.6 Å². The van der Waals surface area contributed by atoms with Gasteiger partial charge in [-0.05, 0) is 38.3 Å². The van der Waals surface area contributed by atoms with Crippen LogP contribution in [0, 0.1) is 13.8 Å². The Bertz CT molecular complexity index is 799. The lowest BCUT2D eigenvalue weighted by atomic mass is 10.2. The third-order valence-electron chi connectivity index (χ3n) is 4.43. The van der Waals surface area contributed by atoms with Crippen molar-refractivity contribution in [3.05, 3.63) is 35.7 Å². The van der Waals surface area contributed by atoms with E-state index in [1.165, 1.54) is 11.8 Å². The highest BCUT2D eigenvalue weighted by Gasteiger charge is 2.19. The Hall–Kier alpha value is -2.35. The number of benzene rings is 1. The number of para-hydroxylation sites is 1. The van der Waals surface area contributed by atoms with Crippen LogP contribution in [-0.2, 0) is 4.79 Å². The van der Waals surface area contributed by atoms with Gasteiger partial charge in [0.2, 0.25) is 5.91 Å². The minimum absolute atomic E-state index is 0.0993. The molecule has 0 aliphatic heterocycles. The van der Waals surface area contributed by atoms with Crippen molar-refractivity contribution in [2.45, 2.75) is 50.7 Å². The van der Waals surface area contributed by atoms with E-state index >= 15 is 0 Å². The third kappa shape index (κ3) is 4.43. The molecular weight excluding hydrogens is 350 g/mol. The molecule has 2 N–H and O–H groups in total. The number of urea groups is 1. The SMILES string of the molecule is Cc1ccccc1-n1c(C)nnc1SCC(=O)NC(=O)NC1CCCC1. The highest BCUT2D eigenvalue weighted by Crippen LogP contribution is 2.23. The second kappa shape index (κ2) is 8.35. The number of carbonyl (C=O) groups is 2. The van der Waals surface area contributed by atoms with E-state index < -0.39 is 6.03 Å². The van der Waals surface area contributed by atoms with Gasteiger partial charge < -0.3 is 5.32 Å². The lowest BCUT2D eigenvalue weighted by Crippen LogP contribution is -2.44. The van der Waals surface area contributed by atoms with Crippen molar-refractivity contribution in [3.63, 3.8) is 0 Å². The smallest absolute Gasteiger partial charge is 0.321 e. The summed E-state index contributed by atoms with van der Waals surface area (Å²) in [6, 6.07) is 7.70. The second-order valence-electron chi connectivity index (χ2n) is 6.44. The second-order valence-corrected chi connectivity index (χ2v) is 7.39. The van der Waals surface area contributed by atoms with E-state index in [0.29, 0.717) is 5.16 Å². The Kier molecular flexibility index (Phi) is 5.92. The highest BCUT2D eigenvalue weighted by molar-refractivity contribution is 7.99. The van der Waals surface area contributed by atoms with Crippen molar-refractivity contribution in [1.82, 2.24) is 25.4 Å². The van der Waals surface area contributed by atoms with Gasteiger partial charge >= 0.3 is 6.03 Å². The summed E-state index contributed by atoms with van der Waals surface area (Å²) in [6.07, 6.45) is 4.22. The van der Waals surface area contributed by atoms with Crippen molar-refractivity contribution in [2.24, 2.45) is 0 Å². The number of carbonyl (C=O) groups excluding carboxylic acids is 2. The summed E-state index contributed by atoms with van der Waals surface area (Å²) >= 11 is 1.26. The van der Waals surface area contributed by atoms with E-state index in [0.717, 1.165) is 42.8 Å². The van der Waals surface area contributed by atoms with Gasteiger partial charge in [0.25, 0.3) is 0 Å². The molecule has 1 fully saturated rings. The molecule has 0 radical (unpaired) electrons. The minimum atomic E-state index is -0.418. The van der Waals surface area contributed by atoms with Crippen LogP contribution in [0.5, 0.6) is 0 Å². The predicted molar refractivity (Wildman–Crippen MR) is 100 cm³/mol. The van der Waals surface area contributed by atoms with Crippen LogP contribution >= 0.6 is 11.8 Å². The van der Waals surface area contributed by atoms with Gasteiger partial charge in [0.1, 0.15) is 5.82 Å². The first-order chi connectivity index (χ1) is 12.5. The summed E-state index contributed by atoms with van der Waals surface area (Å²) in [7, 11) is 0. The van der Waals surface area contributed by atoms with Crippen LogP contribution in [0.15, 0.2) is 29.4 Å². The number of hydrogen-bond donors (Lipinski definition) is 2. The summed E-state index contributed by atoms with van der Waals surface area (Å²) < 4.78 is 1.92. The molecular formula is C18H23N5O2S. The maximum atomic E-state index is 12.1. The first-order valence-electron chi connectivity index (χ1n) is 8.76. The van der Waals surface area contributed by atoms with Crippen LogP contribution in [0.2, 0.25) is 0 Å². The third-order valence-corrected chi connectivity index (χ3v) is 5.36. The molecule has 0 spiro atoms. The fraction of sp³-hybridized carbons (Fsp3) is 0.444. The Morgan fingerprint density at radius 3 is 2.65 bits per heavy atom. The topological polar surface area (TPSA) is 88.9 Å². The van der Waals surface area contributed by atoms with Crippen molar-refractivity contribution in [1.29, 1.82) is 0 Å². The Balaban J connectivity index is 1.59. The first-order valence-corrected chi connectivity index (χ1v) is 9.74. The summed E-state index contributed by atoms with van der Waals surface area (Å²) in [5.74, 6) is 0.505. The summed E-state index contributed by atoms with van der Waals surface area (Å²) in [5, 5.41) is 14.1. The molecule has 1 aliphatic carbocycles. The predicted octanol–water partition coefficient (Wildman–Crippen LogP) is 2.74. The summed E-state index contributed by atoms with van der Waals surface area (Å²) in [4.78, 5) is 23.9. The van der Waals surface area contributed by atoms with Gasteiger partial charge in [-0.25, -0.2) is 4.79 Å². The molecule has 8 heteroatoms. The minimum Gasteiger partial charge on any atom is -0.335 e. The Labute approximate surface area is 157 Å². The maximum Gasteiger partial charge on any atom is 0.321 e. The molecule has 1 aromatic carbocycles. The van der Waals surface area contributed by atoms with Gasteiger partial charge in [0.05, 0.1) is 11.4 Å². The molecule has 26 heavy (non-hydrogen) atoms. The van der Waals surface area contributed by atoms with Crippen molar-refractivity contribution < 1.29 is 9.59 Å². The van der Waals surface area contributed by atoms with Crippen LogP contribution in [0.3, 0.4) is 0 Å². The Morgan fingerprint density at radius 1 is 1.19 bits per heavy atom.